The van der Waals surface area contributed by atoms with Gasteiger partial charge in [-0.3, -0.25) is 9.59 Å². The van der Waals surface area contributed by atoms with Crippen LogP contribution in [-0.2, 0) is 14.3 Å². The van der Waals surface area contributed by atoms with Crippen molar-refractivity contribution in [3.63, 3.8) is 0 Å². The highest BCUT2D eigenvalue weighted by Gasteiger charge is 2.58. The van der Waals surface area contributed by atoms with Crippen molar-refractivity contribution < 1.29 is 19.4 Å². The normalized spacial score (nSPS) is 18.5. The minimum Gasteiger partial charge on any atom is -0.480 e. The first-order chi connectivity index (χ1) is 7.99. The Morgan fingerprint density at radius 3 is 2.41 bits per heavy atom. The molecule has 0 radical (unpaired) electrons. The van der Waals surface area contributed by atoms with Crippen LogP contribution in [0.3, 0.4) is 0 Å². The maximum absolute atomic E-state index is 12.3. The number of aliphatic carboxylic acids is 1. The third kappa shape index (κ3) is 2.77. The van der Waals surface area contributed by atoms with Crippen molar-refractivity contribution in [1.82, 2.24) is 4.90 Å². The molecule has 0 heterocycles. The maximum Gasteiger partial charge on any atom is 0.319 e. The number of methoxy groups -OCH3 is 1. The lowest BCUT2D eigenvalue weighted by Crippen LogP contribution is -2.46. The monoisotopic (exact) mass is 243 g/mol. The lowest BCUT2D eigenvalue weighted by molar-refractivity contribution is -0.154. The summed E-state index contributed by atoms with van der Waals surface area (Å²) >= 11 is 0. The Morgan fingerprint density at radius 2 is 2.06 bits per heavy atom. The van der Waals surface area contributed by atoms with Gasteiger partial charge in [-0.1, -0.05) is 6.92 Å². The van der Waals surface area contributed by atoms with Crippen molar-refractivity contribution in [2.45, 2.75) is 39.2 Å². The fraction of sp³-hybridized carbons (Fsp3) is 0.833. The minimum atomic E-state index is -1.14. The molecule has 1 saturated carbocycles. The average molecular weight is 243 g/mol. The van der Waals surface area contributed by atoms with Gasteiger partial charge >= 0.3 is 5.97 Å². The summed E-state index contributed by atoms with van der Waals surface area (Å²) in [5.41, 5.74) is -1.14. The van der Waals surface area contributed by atoms with Gasteiger partial charge in [0.15, 0.2) is 0 Å². The number of carboxylic acids is 1. The Bertz CT molecular complexity index is 299. The highest BCUT2D eigenvalue weighted by molar-refractivity contribution is 6.04. The van der Waals surface area contributed by atoms with Crippen molar-refractivity contribution in [2.75, 3.05) is 20.3 Å². The SMILES string of the molecule is CCC(C)N(CCOC)C(=O)C1(C(=O)O)CC1. The number of carboxylic acid groups (broad SMARTS) is 1. The largest absolute Gasteiger partial charge is 0.480 e. The van der Waals surface area contributed by atoms with Gasteiger partial charge in [0.25, 0.3) is 0 Å². The molecule has 1 amide bonds. The van der Waals surface area contributed by atoms with E-state index in [1.165, 1.54) is 0 Å². The Kier molecular flexibility index (Phi) is 4.51. The van der Waals surface area contributed by atoms with Crippen molar-refractivity contribution in [3.05, 3.63) is 0 Å². The van der Waals surface area contributed by atoms with Crippen LogP contribution in [-0.4, -0.2) is 48.2 Å². The van der Waals surface area contributed by atoms with E-state index in [9.17, 15) is 9.59 Å². The summed E-state index contributed by atoms with van der Waals surface area (Å²) in [5, 5.41) is 9.12. The zero-order valence-electron chi connectivity index (χ0n) is 10.7. The maximum atomic E-state index is 12.3. The first-order valence-corrected chi connectivity index (χ1v) is 6.03. The van der Waals surface area contributed by atoms with Gasteiger partial charge in [-0.15, -0.1) is 0 Å². The van der Waals surface area contributed by atoms with Gasteiger partial charge < -0.3 is 14.7 Å². The topological polar surface area (TPSA) is 66.8 Å². The Morgan fingerprint density at radius 1 is 1.47 bits per heavy atom. The molecule has 1 N–H and O–H groups in total. The molecule has 98 valence electrons. The average Bonchev–Trinajstić information content (AvgIpc) is 3.09. The van der Waals surface area contributed by atoms with Gasteiger partial charge in [-0.05, 0) is 26.2 Å². The van der Waals surface area contributed by atoms with Crippen LogP contribution in [0, 0.1) is 5.41 Å². The van der Waals surface area contributed by atoms with E-state index in [2.05, 4.69) is 0 Å². The summed E-state index contributed by atoms with van der Waals surface area (Å²) in [4.78, 5) is 25.0. The van der Waals surface area contributed by atoms with Crippen LogP contribution in [0.5, 0.6) is 0 Å². The van der Waals surface area contributed by atoms with E-state index in [0.29, 0.717) is 26.0 Å². The van der Waals surface area contributed by atoms with E-state index < -0.39 is 11.4 Å². The molecule has 5 heteroatoms. The van der Waals surface area contributed by atoms with E-state index in [4.69, 9.17) is 9.84 Å². The third-order valence-electron chi connectivity index (χ3n) is 3.49. The fourth-order valence-corrected chi connectivity index (χ4v) is 1.85. The minimum absolute atomic E-state index is 0.0504. The molecular weight excluding hydrogens is 222 g/mol. The molecule has 0 aromatic heterocycles. The molecule has 5 nitrogen and oxygen atoms in total. The molecule has 0 aromatic rings. The Balaban J connectivity index is 2.76. The first-order valence-electron chi connectivity index (χ1n) is 6.03. The second kappa shape index (κ2) is 5.49. The third-order valence-corrected chi connectivity index (χ3v) is 3.49. The summed E-state index contributed by atoms with van der Waals surface area (Å²) in [6.07, 6.45) is 1.73. The first kappa shape index (κ1) is 14.0. The van der Waals surface area contributed by atoms with Crippen LogP contribution < -0.4 is 0 Å². The van der Waals surface area contributed by atoms with Crippen LogP contribution in [0.25, 0.3) is 0 Å². The predicted molar refractivity (Wildman–Crippen MR) is 62.6 cm³/mol. The zero-order valence-corrected chi connectivity index (χ0v) is 10.7. The predicted octanol–water partition coefficient (Wildman–Crippen LogP) is 1.12. The molecule has 17 heavy (non-hydrogen) atoms. The number of hydrogen-bond acceptors (Lipinski definition) is 3. The number of rotatable bonds is 7. The number of ether oxygens (including phenoxy) is 1. The highest BCUT2D eigenvalue weighted by Crippen LogP contribution is 2.47. The number of nitrogens with zero attached hydrogens (tertiary/aromatic N) is 1. The zero-order chi connectivity index (χ0) is 13.1. The van der Waals surface area contributed by atoms with Crippen molar-refractivity contribution in [1.29, 1.82) is 0 Å². The smallest absolute Gasteiger partial charge is 0.319 e. The Labute approximate surface area is 102 Å². The standard InChI is InChI=1S/C12H21NO4/c1-4-9(2)13(7-8-17-3)10(14)12(5-6-12)11(15)16/h9H,4-8H2,1-3H3,(H,15,16). The van der Waals surface area contributed by atoms with Crippen LogP contribution in [0.2, 0.25) is 0 Å². The van der Waals surface area contributed by atoms with Gasteiger partial charge in [-0.2, -0.15) is 0 Å². The fourth-order valence-electron chi connectivity index (χ4n) is 1.85. The van der Waals surface area contributed by atoms with Gasteiger partial charge in [0, 0.05) is 19.7 Å². The second-order valence-electron chi connectivity index (χ2n) is 4.64. The molecule has 1 aliphatic carbocycles. The van der Waals surface area contributed by atoms with Crippen molar-refractivity contribution in [3.8, 4) is 0 Å². The molecule has 1 aliphatic rings. The van der Waals surface area contributed by atoms with E-state index in [-0.39, 0.29) is 11.9 Å². The van der Waals surface area contributed by atoms with Crippen LogP contribution in [0.4, 0.5) is 0 Å². The van der Waals surface area contributed by atoms with Crippen LogP contribution >= 0.6 is 0 Å². The molecule has 0 saturated heterocycles. The molecule has 1 atom stereocenters. The summed E-state index contributed by atoms with van der Waals surface area (Å²) in [5.74, 6) is -1.25. The molecule has 0 aliphatic heterocycles. The van der Waals surface area contributed by atoms with Crippen LogP contribution in [0.1, 0.15) is 33.1 Å². The molecule has 1 fully saturated rings. The van der Waals surface area contributed by atoms with Gasteiger partial charge in [-0.25, -0.2) is 0 Å². The lowest BCUT2D eigenvalue weighted by Gasteiger charge is -2.30. The molecule has 0 bridgehead atoms. The number of hydrogen-bond donors (Lipinski definition) is 1. The van der Waals surface area contributed by atoms with Gasteiger partial charge in [0.1, 0.15) is 5.41 Å². The van der Waals surface area contributed by atoms with E-state index in [1.807, 2.05) is 13.8 Å². The van der Waals surface area contributed by atoms with Crippen molar-refractivity contribution >= 4 is 11.9 Å². The highest BCUT2D eigenvalue weighted by atomic mass is 16.5. The number of carbonyl (C=O) groups excluding carboxylic acids is 1. The molecule has 0 aromatic carbocycles. The number of carbonyl (C=O) groups is 2. The summed E-state index contributed by atoms with van der Waals surface area (Å²) in [7, 11) is 1.57. The van der Waals surface area contributed by atoms with Crippen molar-refractivity contribution in [2.24, 2.45) is 5.41 Å². The Hall–Kier alpha value is -1.10. The van der Waals surface area contributed by atoms with Gasteiger partial charge in [0.05, 0.1) is 6.61 Å². The molecule has 1 unspecified atom stereocenters. The van der Waals surface area contributed by atoms with E-state index in [1.54, 1.807) is 12.0 Å². The summed E-state index contributed by atoms with van der Waals surface area (Å²) in [6, 6.07) is 0.0504. The molecule has 0 spiro atoms. The van der Waals surface area contributed by atoms with E-state index >= 15 is 0 Å². The number of amides is 1. The lowest BCUT2D eigenvalue weighted by atomic mass is 10.0. The summed E-state index contributed by atoms with van der Waals surface area (Å²) < 4.78 is 4.97. The van der Waals surface area contributed by atoms with Gasteiger partial charge in [0.2, 0.25) is 5.91 Å². The molecule has 1 rings (SSSR count). The molecular formula is C12H21NO4. The summed E-state index contributed by atoms with van der Waals surface area (Å²) in [6.45, 7) is 4.81. The quantitative estimate of drug-likeness (QED) is 0.680. The second-order valence-corrected chi connectivity index (χ2v) is 4.64. The van der Waals surface area contributed by atoms with E-state index in [0.717, 1.165) is 6.42 Å². The van der Waals surface area contributed by atoms with Crippen LogP contribution in [0.15, 0.2) is 0 Å².